The first-order valence-electron chi connectivity index (χ1n) is 7.22. The van der Waals surface area contributed by atoms with Crippen LogP contribution in [-0.2, 0) is 11.2 Å². The summed E-state index contributed by atoms with van der Waals surface area (Å²) in [4.78, 5) is 21.1. The SMILES string of the molecule is O=C(CCc1nc2c(F)cccc2[nH]1)N1CCC[C@@H]1CO. The molecule has 0 radical (unpaired) electrons. The minimum absolute atomic E-state index is 0.0155. The number of aromatic amines is 1. The number of amides is 1. The molecule has 1 aromatic carbocycles. The molecule has 1 aromatic heterocycles. The van der Waals surface area contributed by atoms with Gasteiger partial charge in [0.1, 0.15) is 11.3 Å². The summed E-state index contributed by atoms with van der Waals surface area (Å²) in [5.41, 5.74) is 0.959. The summed E-state index contributed by atoms with van der Waals surface area (Å²) in [6.07, 6.45) is 2.56. The Morgan fingerprint density at radius 2 is 2.38 bits per heavy atom. The van der Waals surface area contributed by atoms with E-state index in [0.717, 1.165) is 12.8 Å². The van der Waals surface area contributed by atoms with E-state index < -0.39 is 0 Å². The van der Waals surface area contributed by atoms with Gasteiger partial charge in [-0.1, -0.05) is 6.07 Å². The number of aryl methyl sites for hydroxylation is 1. The van der Waals surface area contributed by atoms with E-state index in [2.05, 4.69) is 9.97 Å². The summed E-state index contributed by atoms with van der Waals surface area (Å²) >= 11 is 0. The van der Waals surface area contributed by atoms with Crippen LogP contribution in [0.5, 0.6) is 0 Å². The Balaban J connectivity index is 1.66. The lowest BCUT2D eigenvalue weighted by atomic mass is 10.2. The number of hydrogen-bond acceptors (Lipinski definition) is 3. The first kappa shape index (κ1) is 14.0. The van der Waals surface area contributed by atoms with Crippen molar-refractivity contribution in [1.29, 1.82) is 0 Å². The van der Waals surface area contributed by atoms with Gasteiger partial charge in [0.05, 0.1) is 18.2 Å². The fraction of sp³-hybridized carbons (Fsp3) is 0.467. The van der Waals surface area contributed by atoms with Crippen molar-refractivity contribution >= 4 is 16.9 Å². The van der Waals surface area contributed by atoms with Gasteiger partial charge in [0.2, 0.25) is 5.91 Å². The molecule has 0 spiro atoms. The molecular weight excluding hydrogens is 273 g/mol. The number of rotatable bonds is 4. The van der Waals surface area contributed by atoms with Gasteiger partial charge in [-0.05, 0) is 25.0 Å². The maximum absolute atomic E-state index is 13.6. The number of halogens is 1. The van der Waals surface area contributed by atoms with Gasteiger partial charge in [-0.3, -0.25) is 4.79 Å². The third-order valence-electron chi connectivity index (χ3n) is 4.00. The summed E-state index contributed by atoms with van der Waals surface area (Å²) in [6, 6.07) is 4.71. The maximum Gasteiger partial charge on any atom is 0.223 e. The van der Waals surface area contributed by atoms with Crippen LogP contribution in [0.4, 0.5) is 4.39 Å². The number of likely N-dealkylation sites (tertiary alicyclic amines) is 1. The Kier molecular flexibility index (Phi) is 3.88. The fourth-order valence-electron chi connectivity index (χ4n) is 2.89. The molecule has 6 heteroatoms. The molecule has 1 atom stereocenters. The third kappa shape index (κ3) is 2.76. The highest BCUT2D eigenvalue weighted by molar-refractivity contribution is 5.78. The predicted octanol–water partition coefficient (Wildman–Crippen LogP) is 1.62. The molecule has 1 aliphatic rings. The van der Waals surface area contributed by atoms with E-state index in [4.69, 9.17) is 0 Å². The van der Waals surface area contributed by atoms with E-state index in [1.54, 1.807) is 17.0 Å². The Hall–Kier alpha value is -1.95. The molecular formula is C15H18FN3O2. The molecule has 1 saturated heterocycles. The Labute approximate surface area is 121 Å². The maximum atomic E-state index is 13.6. The minimum atomic E-state index is -0.360. The monoisotopic (exact) mass is 291 g/mol. The van der Waals surface area contributed by atoms with Gasteiger partial charge >= 0.3 is 0 Å². The number of fused-ring (bicyclic) bond motifs is 1. The van der Waals surface area contributed by atoms with Gasteiger partial charge in [-0.25, -0.2) is 9.37 Å². The molecule has 2 aromatic rings. The molecule has 21 heavy (non-hydrogen) atoms. The summed E-state index contributed by atoms with van der Waals surface area (Å²) in [7, 11) is 0. The molecule has 5 nitrogen and oxygen atoms in total. The number of para-hydroxylation sites is 1. The number of benzene rings is 1. The zero-order valence-electron chi connectivity index (χ0n) is 11.7. The van der Waals surface area contributed by atoms with Crippen molar-refractivity contribution in [3.8, 4) is 0 Å². The minimum Gasteiger partial charge on any atom is -0.394 e. The molecule has 1 fully saturated rings. The highest BCUT2D eigenvalue weighted by Crippen LogP contribution is 2.19. The van der Waals surface area contributed by atoms with Crippen molar-refractivity contribution in [1.82, 2.24) is 14.9 Å². The van der Waals surface area contributed by atoms with Crippen LogP contribution in [0.25, 0.3) is 11.0 Å². The van der Waals surface area contributed by atoms with Crippen LogP contribution >= 0.6 is 0 Å². The largest absolute Gasteiger partial charge is 0.394 e. The average molecular weight is 291 g/mol. The second kappa shape index (κ2) is 5.81. The van der Waals surface area contributed by atoms with Crippen LogP contribution in [0, 0.1) is 5.82 Å². The normalized spacial score (nSPS) is 18.6. The van der Waals surface area contributed by atoms with Gasteiger partial charge in [0, 0.05) is 19.4 Å². The van der Waals surface area contributed by atoms with Gasteiger partial charge in [0.15, 0.2) is 5.82 Å². The standard InChI is InChI=1S/C15H18FN3O2/c16-11-4-1-5-12-15(11)18-13(17-12)6-7-14(21)19-8-2-3-10(19)9-20/h1,4-5,10,20H,2-3,6-9H2,(H,17,18)/t10-/m1/s1. The van der Waals surface area contributed by atoms with Crippen molar-refractivity contribution in [3.05, 3.63) is 29.8 Å². The van der Waals surface area contributed by atoms with Gasteiger partial charge in [-0.2, -0.15) is 0 Å². The molecule has 0 bridgehead atoms. The Morgan fingerprint density at radius 1 is 1.52 bits per heavy atom. The second-order valence-corrected chi connectivity index (χ2v) is 5.39. The summed E-state index contributed by atoms with van der Waals surface area (Å²) in [5, 5.41) is 9.24. The average Bonchev–Trinajstić information content (AvgIpc) is 3.11. The number of aliphatic hydroxyl groups excluding tert-OH is 1. The zero-order chi connectivity index (χ0) is 14.8. The topological polar surface area (TPSA) is 69.2 Å². The number of aliphatic hydroxyl groups is 1. The zero-order valence-corrected chi connectivity index (χ0v) is 11.7. The summed E-state index contributed by atoms with van der Waals surface area (Å²) < 4.78 is 13.6. The van der Waals surface area contributed by atoms with Crippen LogP contribution in [-0.4, -0.2) is 45.1 Å². The van der Waals surface area contributed by atoms with E-state index in [0.29, 0.717) is 36.2 Å². The molecule has 0 aliphatic carbocycles. The molecule has 2 N–H and O–H groups in total. The number of carbonyl (C=O) groups excluding carboxylic acids is 1. The van der Waals surface area contributed by atoms with Gasteiger partial charge in [-0.15, -0.1) is 0 Å². The summed E-state index contributed by atoms with van der Waals surface area (Å²) in [5.74, 6) is 0.275. The first-order chi connectivity index (χ1) is 10.2. The molecule has 112 valence electrons. The van der Waals surface area contributed by atoms with Crippen molar-refractivity contribution in [2.75, 3.05) is 13.2 Å². The van der Waals surface area contributed by atoms with Crippen molar-refractivity contribution in [3.63, 3.8) is 0 Å². The third-order valence-corrected chi connectivity index (χ3v) is 4.00. The quantitative estimate of drug-likeness (QED) is 0.899. The molecule has 1 aliphatic heterocycles. The first-order valence-corrected chi connectivity index (χ1v) is 7.22. The van der Waals surface area contributed by atoms with E-state index >= 15 is 0 Å². The second-order valence-electron chi connectivity index (χ2n) is 5.39. The van der Waals surface area contributed by atoms with E-state index in [-0.39, 0.29) is 24.4 Å². The number of imidazole rings is 1. The highest BCUT2D eigenvalue weighted by atomic mass is 19.1. The predicted molar refractivity (Wildman–Crippen MR) is 76.2 cm³/mol. The van der Waals surface area contributed by atoms with Gasteiger partial charge < -0.3 is 15.0 Å². The number of hydrogen-bond donors (Lipinski definition) is 2. The van der Waals surface area contributed by atoms with Gasteiger partial charge in [0.25, 0.3) is 0 Å². The lowest BCUT2D eigenvalue weighted by Gasteiger charge is -2.22. The molecule has 3 rings (SSSR count). The van der Waals surface area contributed by atoms with Crippen LogP contribution in [0.15, 0.2) is 18.2 Å². The molecule has 0 saturated carbocycles. The summed E-state index contributed by atoms with van der Waals surface area (Å²) in [6.45, 7) is 0.723. The Bertz CT molecular complexity index is 655. The van der Waals surface area contributed by atoms with Crippen LogP contribution < -0.4 is 0 Å². The van der Waals surface area contributed by atoms with E-state index in [1.165, 1.54) is 6.07 Å². The highest BCUT2D eigenvalue weighted by Gasteiger charge is 2.27. The number of nitrogens with zero attached hydrogens (tertiary/aromatic N) is 2. The molecule has 2 heterocycles. The fourth-order valence-corrected chi connectivity index (χ4v) is 2.89. The number of nitrogens with one attached hydrogen (secondary N) is 1. The number of aromatic nitrogens is 2. The van der Waals surface area contributed by atoms with Crippen LogP contribution in [0.2, 0.25) is 0 Å². The van der Waals surface area contributed by atoms with E-state index in [1.807, 2.05) is 0 Å². The van der Waals surface area contributed by atoms with E-state index in [9.17, 15) is 14.3 Å². The lowest BCUT2D eigenvalue weighted by molar-refractivity contribution is -0.132. The lowest BCUT2D eigenvalue weighted by Crippen LogP contribution is -2.37. The van der Waals surface area contributed by atoms with Crippen molar-refractivity contribution in [2.24, 2.45) is 0 Å². The van der Waals surface area contributed by atoms with Crippen LogP contribution in [0.1, 0.15) is 25.1 Å². The van der Waals surface area contributed by atoms with Crippen LogP contribution in [0.3, 0.4) is 0 Å². The number of carbonyl (C=O) groups is 1. The van der Waals surface area contributed by atoms with Crippen molar-refractivity contribution < 1.29 is 14.3 Å². The smallest absolute Gasteiger partial charge is 0.223 e. The Morgan fingerprint density at radius 3 is 3.14 bits per heavy atom. The van der Waals surface area contributed by atoms with Crippen molar-refractivity contribution in [2.45, 2.75) is 31.7 Å². The molecule has 1 amide bonds. The number of H-pyrrole nitrogens is 1. The molecule has 0 unspecified atom stereocenters.